The number of thiophene rings is 1. The summed E-state index contributed by atoms with van der Waals surface area (Å²) < 4.78 is 5.98. The van der Waals surface area contributed by atoms with Gasteiger partial charge in [0.25, 0.3) is 0 Å². The van der Waals surface area contributed by atoms with Crippen molar-refractivity contribution in [3.63, 3.8) is 0 Å². The Morgan fingerprint density at radius 2 is 2.00 bits per heavy atom. The molecular formula is C14H23NOS. The first kappa shape index (κ1) is 13.1. The van der Waals surface area contributed by atoms with Crippen molar-refractivity contribution in [1.82, 2.24) is 5.32 Å². The van der Waals surface area contributed by atoms with Crippen LogP contribution in [0.3, 0.4) is 0 Å². The van der Waals surface area contributed by atoms with E-state index in [0.29, 0.717) is 6.04 Å². The quantitative estimate of drug-likeness (QED) is 0.825. The summed E-state index contributed by atoms with van der Waals surface area (Å²) in [7, 11) is 3.93. The molecule has 0 spiro atoms. The third kappa shape index (κ3) is 2.72. The highest BCUT2D eigenvalue weighted by molar-refractivity contribution is 7.07. The van der Waals surface area contributed by atoms with Crippen molar-refractivity contribution in [2.45, 2.75) is 50.2 Å². The minimum Gasteiger partial charge on any atom is -0.376 e. The van der Waals surface area contributed by atoms with E-state index >= 15 is 0 Å². The van der Waals surface area contributed by atoms with Crippen LogP contribution in [-0.2, 0) is 4.74 Å². The smallest absolute Gasteiger partial charge is 0.0872 e. The van der Waals surface area contributed by atoms with Crippen molar-refractivity contribution >= 4 is 11.3 Å². The summed E-state index contributed by atoms with van der Waals surface area (Å²) in [5.41, 5.74) is 1.37. The number of hydrogen-bond donors (Lipinski definition) is 1. The van der Waals surface area contributed by atoms with Gasteiger partial charge in [-0.3, -0.25) is 0 Å². The van der Waals surface area contributed by atoms with Gasteiger partial charge in [-0.2, -0.15) is 11.3 Å². The third-order valence-corrected chi connectivity index (χ3v) is 4.75. The predicted molar refractivity (Wildman–Crippen MR) is 73.6 cm³/mol. The van der Waals surface area contributed by atoms with Crippen LogP contribution >= 0.6 is 11.3 Å². The zero-order valence-electron chi connectivity index (χ0n) is 10.9. The van der Waals surface area contributed by atoms with Gasteiger partial charge >= 0.3 is 0 Å². The van der Waals surface area contributed by atoms with Gasteiger partial charge in [-0.05, 0) is 42.3 Å². The fourth-order valence-corrected chi connectivity index (χ4v) is 3.80. The summed E-state index contributed by atoms with van der Waals surface area (Å²) in [5, 5.41) is 7.87. The molecule has 1 saturated carbocycles. The molecule has 0 bridgehead atoms. The normalized spacial score (nSPS) is 22.0. The van der Waals surface area contributed by atoms with Crippen LogP contribution in [0.2, 0.25) is 0 Å². The van der Waals surface area contributed by atoms with Gasteiger partial charge in [0.2, 0.25) is 0 Å². The van der Waals surface area contributed by atoms with Crippen molar-refractivity contribution in [1.29, 1.82) is 0 Å². The number of likely N-dealkylation sites (N-methyl/N-ethyl adjacent to an activating group) is 1. The van der Waals surface area contributed by atoms with E-state index in [0.717, 1.165) is 0 Å². The van der Waals surface area contributed by atoms with Crippen molar-refractivity contribution in [2.24, 2.45) is 0 Å². The molecular weight excluding hydrogens is 230 g/mol. The maximum Gasteiger partial charge on any atom is 0.0872 e. The summed E-state index contributed by atoms with van der Waals surface area (Å²) in [6, 6.07) is 2.55. The lowest BCUT2D eigenvalue weighted by molar-refractivity contribution is -0.0521. The molecule has 0 amide bonds. The number of hydrogen-bond acceptors (Lipinski definition) is 3. The lowest BCUT2D eigenvalue weighted by Crippen LogP contribution is -2.44. The number of ether oxygens (including phenoxy) is 1. The molecule has 3 heteroatoms. The molecule has 1 N–H and O–H groups in total. The largest absolute Gasteiger partial charge is 0.376 e. The average Bonchev–Trinajstić information content (AvgIpc) is 2.76. The average molecular weight is 253 g/mol. The first-order valence-corrected chi connectivity index (χ1v) is 7.51. The van der Waals surface area contributed by atoms with Crippen LogP contribution in [0.25, 0.3) is 0 Å². The molecule has 1 atom stereocenters. The molecule has 1 aromatic rings. The van der Waals surface area contributed by atoms with Gasteiger partial charge in [-0.15, -0.1) is 0 Å². The van der Waals surface area contributed by atoms with Gasteiger partial charge in [0.1, 0.15) is 0 Å². The Bertz CT molecular complexity index is 315. The van der Waals surface area contributed by atoms with Crippen molar-refractivity contribution in [2.75, 3.05) is 14.2 Å². The molecule has 0 radical (unpaired) electrons. The van der Waals surface area contributed by atoms with Crippen LogP contribution < -0.4 is 5.32 Å². The van der Waals surface area contributed by atoms with Crippen molar-refractivity contribution in [3.05, 3.63) is 22.4 Å². The van der Waals surface area contributed by atoms with Crippen molar-refractivity contribution in [3.8, 4) is 0 Å². The minimum atomic E-state index is -0.00762. The van der Waals surface area contributed by atoms with Crippen LogP contribution in [-0.4, -0.2) is 19.8 Å². The molecule has 1 aromatic heterocycles. The molecule has 96 valence electrons. The Labute approximate surface area is 108 Å². The lowest BCUT2D eigenvalue weighted by Gasteiger charge is -2.39. The minimum absolute atomic E-state index is 0.00762. The zero-order valence-corrected chi connectivity index (χ0v) is 11.7. The number of nitrogens with one attached hydrogen (secondary N) is 1. The SMILES string of the molecule is CNC(c1ccsc1)C1(OC)CCCCCC1. The second kappa shape index (κ2) is 5.98. The Morgan fingerprint density at radius 3 is 2.47 bits per heavy atom. The monoisotopic (exact) mass is 253 g/mol. The highest BCUT2D eigenvalue weighted by Crippen LogP contribution is 2.40. The van der Waals surface area contributed by atoms with Gasteiger partial charge in [0.15, 0.2) is 0 Å². The second-order valence-corrected chi connectivity index (χ2v) is 5.74. The molecule has 1 aliphatic rings. The molecule has 1 aliphatic carbocycles. The molecule has 1 heterocycles. The molecule has 2 nitrogen and oxygen atoms in total. The number of methoxy groups -OCH3 is 1. The van der Waals surface area contributed by atoms with E-state index in [1.165, 1.54) is 44.1 Å². The summed E-state index contributed by atoms with van der Waals surface area (Å²) in [4.78, 5) is 0. The van der Waals surface area contributed by atoms with E-state index < -0.39 is 0 Å². The van der Waals surface area contributed by atoms with Crippen LogP contribution in [0, 0.1) is 0 Å². The Balaban J connectivity index is 2.24. The summed E-state index contributed by atoms with van der Waals surface area (Å²) in [6.07, 6.45) is 7.62. The van der Waals surface area contributed by atoms with Gasteiger partial charge in [0.05, 0.1) is 11.6 Å². The standard InChI is InChI=1S/C14H23NOS/c1-15-13(12-7-10-17-11-12)14(16-2)8-5-3-4-6-9-14/h7,10-11,13,15H,3-6,8-9H2,1-2H3. The topological polar surface area (TPSA) is 21.3 Å². The van der Waals surface area contributed by atoms with E-state index in [4.69, 9.17) is 4.74 Å². The zero-order chi connectivity index (χ0) is 12.1. The summed E-state index contributed by atoms with van der Waals surface area (Å²) in [5.74, 6) is 0. The highest BCUT2D eigenvalue weighted by Gasteiger charge is 2.39. The number of rotatable bonds is 4. The van der Waals surface area contributed by atoms with Gasteiger partial charge in [-0.25, -0.2) is 0 Å². The van der Waals surface area contributed by atoms with Gasteiger partial charge in [0, 0.05) is 7.11 Å². The van der Waals surface area contributed by atoms with Gasteiger partial charge in [-0.1, -0.05) is 25.7 Å². The maximum atomic E-state index is 5.98. The second-order valence-electron chi connectivity index (χ2n) is 4.96. The highest BCUT2D eigenvalue weighted by atomic mass is 32.1. The van der Waals surface area contributed by atoms with Crippen LogP contribution in [0.15, 0.2) is 16.8 Å². The summed E-state index contributed by atoms with van der Waals surface area (Å²) in [6.45, 7) is 0. The molecule has 2 rings (SSSR count). The van der Waals surface area contributed by atoms with Crippen LogP contribution in [0.1, 0.15) is 50.1 Å². The maximum absolute atomic E-state index is 5.98. The first-order chi connectivity index (χ1) is 8.32. The third-order valence-electron chi connectivity index (χ3n) is 4.05. The fraction of sp³-hybridized carbons (Fsp3) is 0.714. The Kier molecular flexibility index (Phi) is 4.60. The molecule has 17 heavy (non-hydrogen) atoms. The van der Waals surface area contributed by atoms with E-state index in [1.54, 1.807) is 11.3 Å². The fourth-order valence-electron chi connectivity index (χ4n) is 3.11. The predicted octanol–water partition coefficient (Wildman–Crippen LogP) is 3.75. The van der Waals surface area contributed by atoms with Crippen molar-refractivity contribution < 1.29 is 4.74 Å². The molecule has 0 aliphatic heterocycles. The first-order valence-electron chi connectivity index (χ1n) is 6.57. The van der Waals surface area contributed by atoms with E-state index in [2.05, 4.69) is 22.1 Å². The van der Waals surface area contributed by atoms with Crippen LogP contribution in [0.5, 0.6) is 0 Å². The van der Waals surface area contributed by atoms with E-state index in [9.17, 15) is 0 Å². The van der Waals surface area contributed by atoms with Gasteiger partial charge < -0.3 is 10.1 Å². The molecule has 1 unspecified atom stereocenters. The van der Waals surface area contributed by atoms with E-state index in [-0.39, 0.29) is 5.60 Å². The molecule has 0 saturated heterocycles. The molecule has 0 aromatic carbocycles. The van der Waals surface area contributed by atoms with E-state index in [1.807, 2.05) is 14.2 Å². The van der Waals surface area contributed by atoms with Crippen LogP contribution in [0.4, 0.5) is 0 Å². The Hall–Kier alpha value is -0.380. The molecule has 1 fully saturated rings. The lowest BCUT2D eigenvalue weighted by atomic mass is 9.83. The Morgan fingerprint density at radius 1 is 1.29 bits per heavy atom. The summed E-state index contributed by atoms with van der Waals surface area (Å²) >= 11 is 1.77.